The van der Waals surface area contributed by atoms with Crippen LogP contribution in [-0.4, -0.2) is 30.6 Å². The van der Waals surface area contributed by atoms with Crippen LogP contribution in [-0.2, 0) is 4.74 Å². The van der Waals surface area contributed by atoms with Gasteiger partial charge in [0.15, 0.2) is 0 Å². The molecule has 0 fully saturated rings. The number of unbranched alkanes of at least 4 members (excludes halogenated alkanes) is 7. The normalized spacial score (nSPS) is 11.4. The van der Waals surface area contributed by atoms with E-state index >= 15 is 0 Å². The molecule has 0 aliphatic heterocycles. The number of hydrogen-bond donors (Lipinski definition) is 0. The molecule has 7 nitrogen and oxygen atoms in total. The molecule has 3 aromatic rings. The van der Waals surface area contributed by atoms with Crippen molar-refractivity contribution in [2.24, 2.45) is 0 Å². The molecule has 0 heterocycles. The third kappa shape index (κ3) is 11.2. The van der Waals surface area contributed by atoms with E-state index in [1.54, 1.807) is 31.2 Å². The Morgan fingerprint density at radius 3 is 1.72 bits per heavy atom. The molecule has 0 aromatic heterocycles. The maximum absolute atomic E-state index is 14.4. The molecule has 0 radical (unpaired) electrons. The maximum Gasteiger partial charge on any atom is 0.343 e. The second-order valence-corrected chi connectivity index (χ2v) is 10.4. The Labute approximate surface area is 253 Å². The number of carbonyl (C=O) groups excluding carboxylic acids is 3. The van der Waals surface area contributed by atoms with Crippen molar-refractivity contribution in [1.82, 2.24) is 0 Å². The summed E-state index contributed by atoms with van der Waals surface area (Å²) >= 11 is 0. The lowest BCUT2D eigenvalue weighted by molar-refractivity contribution is 0.0329. The van der Waals surface area contributed by atoms with Gasteiger partial charge < -0.3 is 18.9 Å². The van der Waals surface area contributed by atoms with E-state index in [2.05, 4.69) is 6.92 Å². The number of carbonyl (C=O) groups is 3. The summed E-state index contributed by atoms with van der Waals surface area (Å²) in [6, 6.07) is 16.0. The van der Waals surface area contributed by atoms with Crippen LogP contribution in [0.3, 0.4) is 0 Å². The minimum absolute atomic E-state index is 0.0664. The third-order valence-corrected chi connectivity index (χ3v) is 6.91. The Morgan fingerprint density at radius 1 is 0.651 bits per heavy atom. The van der Waals surface area contributed by atoms with E-state index in [4.69, 9.17) is 18.9 Å². The maximum atomic E-state index is 14.4. The molecule has 3 rings (SSSR count). The Morgan fingerprint density at radius 2 is 1.16 bits per heavy atom. The molecule has 0 bridgehead atoms. The van der Waals surface area contributed by atoms with Crippen LogP contribution < -0.4 is 14.2 Å². The molecular weight excluding hydrogens is 551 g/mol. The van der Waals surface area contributed by atoms with E-state index in [-0.39, 0.29) is 28.7 Å². The van der Waals surface area contributed by atoms with Crippen molar-refractivity contribution in [3.8, 4) is 17.2 Å². The molecule has 0 spiro atoms. The fraction of sp³-hybridized carbons (Fsp3) is 0.400. The zero-order valence-electron chi connectivity index (χ0n) is 25.2. The van der Waals surface area contributed by atoms with Crippen molar-refractivity contribution in [1.29, 1.82) is 0 Å². The number of rotatable bonds is 17. The van der Waals surface area contributed by atoms with Gasteiger partial charge in [0.1, 0.15) is 23.1 Å². The average Bonchev–Trinajstić information content (AvgIpc) is 3.00. The molecule has 3 aromatic carbocycles. The Hall–Kier alpha value is -4.20. The Bertz CT molecular complexity index is 1320. The standard InChI is InChI=1S/C35H41FO7/c1-4-6-7-8-9-10-11-12-23-40-28-17-13-26(14-18-28)33(37)42-29-19-15-27(16-20-29)34(38)43-30-21-22-31(32(36)24-30)35(39)41-25(3)5-2/h13-22,24-25H,4-12,23H2,1-3H3/t25-/m1/s1. The van der Waals surface area contributed by atoms with Crippen molar-refractivity contribution in [3.05, 3.63) is 89.2 Å². The Kier molecular flexibility index (Phi) is 13.7. The smallest absolute Gasteiger partial charge is 0.343 e. The van der Waals surface area contributed by atoms with Crippen molar-refractivity contribution >= 4 is 17.9 Å². The first-order valence-corrected chi connectivity index (χ1v) is 15.1. The van der Waals surface area contributed by atoms with Gasteiger partial charge in [-0.25, -0.2) is 18.8 Å². The highest BCUT2D eigenvalue weighted by Gasteiger charge is 2.18. The molecule has 0 saturated heterocycles. The lowest BCUT2D eigenvalue weighted by Gasteiger charge is -2.12. The summed E-state index contributed by atoms with van der Waals surface area (Å²) in [6.07, 6.45) is 10.1. The predicted molar refractivity (Wildman–Crippen MR) is 162 cm³/mol. The SMILES string of the molecule is CCCCCCCCCCOc1ccc(C(=O)Oc2ccc(C(=O)Oc3ccc(C(=O)O[C@H](C)CC)c(F)c3)cc2)cc1. The summed E-state index contributed by atoms with van der Waals surface area (Å²) in [5, 5.41) is 0. The van der Waals surface area contributed by atoms with Crippen molar-refractivity contribution in [3.63, 3.8) is 0 Å². The second kappa shape index (κ2) is 17.7. The number of hydrogen-bond acceptors (Lipinski definition) is 7. The lowest BCUT2D eigenvalue weighted by Crippen LogP contribution is -2.15. The average molecular weight is 593 g/mol. The number of ether oxygens (including phenoxy) is 4. The second-order valence-electron chi connectivity index (χ2n) is 10.4. The molecule has 0 unspecified atom stereocenters. The summed E-state index contributed by atoms with van der Waals surface area (Å²) in [4.78, 5) is 37.2. The number of esters is 3. The monoisotopic (exact) mass is 592 g/mol. The van der Waals surface area contributed by atoms with Gasteiger partial charge in [-0.2, -0.15) is 0 Å². The van der Waals surface area contributed by atoms with Gasteiger partial charge in [-0.1, -0.05) is 58.8 Å². The van der Waals surface area contributed by atoms with E-state index in [0.717, 1.165) is 18.9 Å². The summed E-state index contributed by atoms with van der Waals surface area (Å²) in [6.45, 7) is 6.42. The topological polar surface area (TPSA) is 88.1 Å². The molecule has 230 valence electrons. The predicted octanol–water partition coefficient (Wildman–Crippen LogP) is 8.74. The first kappa shape index (κ1) is 33.3. The molecular formula is C35H41FO7. The fourth-order valence-electron chi connectivity index (χ4n) is 4.16. The third-order valence-electron chi connectivity index (χ3n) is 6.91. The van der Waals surface area contributed by atoms with E-state index in [1.165, 1.54) is 74.9 Å². The van der Waals surface area contributed by atoms with Gasteiger partial charge in [0.2, 0.25) is 0 Å². The summed E-state index contributed by atoms with van der Waals surface area (Å²) in [5.74, 6) is -2.06. The van der Waals surface area contributed by atoms with Crippen LogP contribution in [0.25, 0.3) is 0 Å². The van der Waals surface area contributed by atoms with Crippen LogP contribution in [0.4, 0.5) is 4.39 Å². The van der Waals surface area contributed by atoms with Crippen LogP contribution >= 0.6 is 0 Å². The lowest BCUT2D eigenvalue weighted by atomic mass is 10.1. The zero-order valence-corrected chi connectivity index (χ0v) is 25.2. The summed E-state index contributed by atoms with van der Waals surface area (Å²) in [5.41, 5.74) is 0.284. The minimum atomic E-state index is -0.857. The van der Waals surface area contributed by atoms with E-state index in [9.17, 15) is 18.8 Å². The van der Waals surface area contributed by atoms with Crippen molar-refractivity contribution < 1.29 is 37.7 Å². The van der Waals surface area contributed by atoms with Gasteiger partial charge in [-0.05, 0) is 80.4 Å². The van der Waals surface area contributed by atoms with Gasteiger partial charge in [0.05, 0.1) is 29.4 Å². The van der Waals surface area contributed by atoms with Crippen molar-refractivity contribution in [2.45, 2.75) is 84.7 Å². The zero-order chi connectivity index (χ0) is 31.0. The van der Waals surface area contributed by atoms with E-state index in [0.29, 0.717) is 24.3 Å². The highest BCUT2D eigenvalue weighted by Crippen LogP contribution is 2.21. The first-order chi connectivity index (χ1) is 20.8. The van der Waals surface area contributed by atoms with Gasteiger partial charge >= 0.3 is 17.9 Å². The summed E-state index contributed by atoms with van der Waals surface area (Å²) in [7, 11) is 0. The van der Waals surface area contributed by atoms with Crippen LogP contribution in [0.1, 0.15) is 110 Å². The molecule has 8 heteroatoms. The molecule has 0 aliphatic carbocycles. The fourth-order valence-corrected chi connectivity index (χ4v) is 4.16. The number of halogens is 1. The van der Waals surface area contributed by atoms with Crippen LogP contribution in [0.5, 0.6) is 17.2 Å². The molecule has 43 heavy (non-hydrogen) atoms. The first-order valence-electron chi connectivity index (χ1n) is 15.1. The summed E-state index contributed by atoms with van der Waals surface area (Å²) < 4.78 is 36.0. The number of benzene rings is 3. The van der Waals surface area contributed by atoms with Gasteiger partial charge in [-0.15, -0.1) is 0 Å². The van der Waals surface area contributed by atoms with Crippen LogP contribution in [0.2, 0.25) is 0 Å². The highest BCUT2D eigenvalue weighted by atomic mass is 19.1. The molecule has 0 saturated carbocycles. The molecule has 0 amide bonds. The minimum Gasteiger partial charge on any atom is -0.494 e. The van der Waals surface area contributed by atoms with Gasteiger partial charge in [0.25, 0.3) is 0 Å². The van der Waals surface area contributed by atoms with Gasteiger partial charge in [0, 0.05) is 6.07 Å². The van der Waals surface area contributed by atoms with E-state index in [1.807, 2.05) is 6.92 Å². The quantitative estimate of drug-likeness (QED) is 0.0880. The molecule has 0 N–H and O–H groups in total. The van der Waals surface area contributed by atoms with Crippen LogP contribution in [0, 0.1) is 5.82 Å². The van der Waals surface area contributed by atoms with E-state index < -0.39 is 23.7 Å². The molecule has 1 atom stereocenters. The highest BCUT2D eigenvalue weighted by molar-refractivity contribution is 5.93. The largest absolute Gasteiger partial charge is 0.494 e. The Balaban J connectivity index is 1.44. The molecule has 0 aliphatic rings. The van der Waals surface area contributed by atoms with Crippen LogP contribution in [0.15, 0.2) is 66.7 Å². The van der Waals surface area contributed by atoms with Crippen molar-refractivity contribution in [2.75, 3.05) is 6.61 Å². The van der Waals surface area contributed by atoms with Gasteiger partial charge in [-0.3, -0.25) is 0 Å².